The third kappa shape index (κ3) is 7.47. The lowest BCUT2D eigenvalue weighted by molar-refractivity contribution is -0.116. The van der Waals surface area contributed by atoms with E-state index >= 15 is 0 Å². The van der Waals surface area contributed by atoms with Gasteiger partial charge in [0.2, 0.25) is 5.91 Å². The summed E-state index contributed by atoms with van der Waals surface area (Å²) in [5.41, 5.74) is 0.930. The van der Waals surface area contributed by atoms with Gasteiger partial charge >= 0.3 is 6.09 Å². The highest BCUT2D eigenvalue weighted by Gasteiger charge is 2.12. The van der Waals surface area contributed by atoms with E-state index in [2.05, 4.69) is 24.5 Å². The molecule has 1 atom stereocenters. The minimum Gasteiger partial charge on any atom is -0.445 e. The second-order valence-corrected chi connectivity index (χ2v) is 5.42. The molecule has 1 rings (SSSR count). The first kappa shape index (κ1) is 17.8. The molecule has 0 bridgehead atoms. The number of likely N-dealkylation sites (N-methyl/N-ethyl adjacent to an activating group) is 1. The number of ether oxygens (including phenoxy) is 1. The van der Waals surface area contributed by atoms with E-state index in [-0.39, 0.29) is 18.6 Å². The van der Waals surface area contributed by atoms with Gasteiger partial charge in [-0.25, -0.2) is 4.79 Å². The summed E-state index contributed by atoms with van der Waals surface area (Å²) in [5, 5.41) is 5.27. The van der Waals surface area contributed by atoms with Crippen LogP contribution < -0.4 is 10.6 Å². The van der Waals surface area contributed by atoms with Crippen molar-refractivity contribution in [2.75, 3.05) is 7.05 Å². The summed E-state index contributed by atoms with van der Waals surface area (Å²) in [7, 11) is 1.56. The molecule has 1 aromatic carbocycles. The predicted molar refractivity (Wildman–Crippen MR) is 86.2 cm³/mol. The fourth-order valence-electron chi connectivity index (χ4n) is 1.90. The molecule has 0 aliphatic heterocycles. The van der Waals surface area contributed by atoms with Crippen LogP contribution >= 0.6 is 0 Å². The summed E-state index contributed by atoms with van der Waals surface area (Å²) in [6, 6.07) is 9.25. The van der Waals surface area contributed by atoms with E-state index in [9.17, 15) is 9.59 Å². The standard InChI is InChI=1S/C17H24N2O3/c1-13(2)11-15(9-10-16(20)18-3)19-17(21)22-12-14-7-5-4-6-8-14/h4-10,13,15H,11-12H2,1-3H3,(H,18,20)(H,19,21)/b10-9+. The van der Waals surface area contributed by atoms with Crippen LogP contribution in [-0.4, -0.2) is 25.1 Å². The van der Waals surface area contributed by atoms with Crippen LogP contribution in [0.15, 0.2) is 42.5 Å². The molecular formula is C17H24N2O3. The average Bonchev–Trinajstić information content (AvgIpc) is 2.50. The van der Waals surface area contributed by atoms with E-state index in [4.69, 9.17) is 4.74 Å². The molecule has 0 saturated carbocycles. The number of amides is 2. The maximum Gasteiger partial charge on any atom is 0.407 e. The molecule has 22 heavy (non-hydrogen) atoms. The van der Waals surface area contributed by atoms with Gasteiger partial charge in [0.05, 0.1) is 6.04 Å². The van der Waals surface area contributed by atoms with E-state index < -0.39 is 6.09 Å². The number of hydrogen-bond acceptors (Lipinski definition) is 3. The zero-order valence-electron chi connectivity index (χ0n) is 13.3. The quantitative estimate of drug-likeness (QED) is 0.761. The van der Waals surface area contributed by atoms with Gasteiger partial charge in [0.25, 0.3) is 0 Å². The van der Waals surface area contributed by atoms with Crippen LogP contribution in [-0.2, 0) is 16.1 Å². The van der Waals surface area contributed by atoms with Crippen molar-refractivity contribution in [2.24, 2.45) is 5.92 Å². The monoisotopic (exact) mass is 304 g/mol. The van der Waals surface area contributed by atoms with E-state index in [0.29, 0.717) is 5.92 Å². The number of nitrogens with one attached hydrogen (secondary N) is 2. The molecule has 120 valence electrons. The summed E-state index contributed by atoms with van der Waals surface area (Å²) < 4.78 is 5.19. The first-order valence-electron chi connectivity index (χ1n) is 7.38. The normalized spacial score (nSPS) is 12.2. The molecule has 0 spiro atoms. The average molecular weight is 304 g/mol. The van der Waals surface area contributed by atoms with Crippen LogP contribution in [0.4, 0.5) is 4.79 Å². The third-order valence-corrected chi connectivity index (χ3v) is 2.97. The number of alkyl carbamates (subject to hydrolysis) is 1. The maximum absolute atomic E-state index is 11.9. The van der Waals surface area contributed by atoms with Crippen molar-refractivity contribution in [1.82, 2.24) is 10.6 Å². The lowest BCUT2D eigenvalue weighted by Gasteiger charge is -2.17. The fraction of sp³-hybridized carbons (Fsp3) is 0.412. The summed E-state index contributed by atoms with van der Waals surface area (Å²) in [6.07, 6.45) is 3.34. The molecule has 0 heterocycles. The number of rotatable bonds is 7. The Labute approximate surface area is 131 Å². The van der Waals surface area contributed by atoms with Crippen molar-refractivity contribution in [3.63, 3.8) is 0 Å². The Kier molecular flexibility index (Phi) is 7.75. The fourth-order valence-corrected chi connectivity index (χ4v) is 1.90. The Hall–Kier alpha value is -2.30. The molecule has 1 aromatic rings. The van der Waals surface area contributed by atoms with Gasteiger partial charge in [-0.1, -0.05) is 50.3 Å². The van der Waals surface area contributed by atoms with Gasteiger partial charge in [-0.3, -0.25) is 4.79 Å². The van der Waals surface area contributed by atoms with Crippen LogP contribution in [0, 0.1) is 5.92 Å². The second kappa shape index (κ2) is 9.60. The van der Waals surface area contributed by atoms with Crippen LogP contribution in [0.25, 0.3) is 0 Å². The summed E-state index contributed by atoms with van der Waals surface area (Å²) >= 11 is 0. The minimum absolute atomic E-state index is 0.201. The lowest BCUT2D eigenvalue weighted by atomic mass is 10.0. The van der Waals surface area contributed by atoms with E-state index in [1.807, 2.05) is 30.3 Å². The Balaban J connectivity index is 2.51. The zero-order valence-corrected chi connectivity index (χ0v) is 13.3. The van der Waals surface area contributed by atoms with Crippen molar-refractivity contribution in [2.45, 2.75) is 32.9 Å². The molecule has 0 fully saturated rings. The van der Waals surface area contributed by atoms with Crippen LogP contribution in [0.2, 0.25) is 0 Å². The Morgan fingerprint density at radius 3 is 2.50 bits per heavy atom. The van der Waals surface area contributed by atoms with Crippen molar-refractivity contribution in [1.29, 1.82) is 0 Å². The van der Waals surface area contributed by atoms with E-state index in [0.717, 1.165) is 12.0 Å². The van der Waals surface area contributed by atoms with Crippen LogP contribution in [0.1, 0.15) is 25.8 Å². The molecule has 0 radical (unpaired) electrons. The highest BCUT2D eigenvalue weighted by Crippen LogP contribution is 2.07. The summed E-state index contributed by atoms with van der Waals surface area (Å²) in [5.74, 6) is 0.182. The number of carbonyl (C=O) groups is 2. The first-order valence-corrected chi connectivity index (χ1v) is 7.38. The van der Waals surface area contributed by atoms with Gasteiger partial charge in [0.15, 0.2) is 0 Å². The summed E-state index contributed by atoms with van der Waals surface area (Å²) in [4.78, 5) is 23.1. The molecule has 5 heteroatoms. The molecular weight excluding hydrogens is 280 g/mol. The predicted octanol–water partition coefficient (Wildman–Crippen LogP) is 2.63. The van der Waals surface area contributed by atoms with Gasteiger partial charge in [-0.15, -0.1) is 0 Å². The second-order valence-electron chi connectivity index (χ2n) is 5.42. The minimum atomic E-state index is -0.490. The van der Waals surface area contributed by atoms with Crippen molar-refractivity contribution in [3.05, 3.63) is 48.0 Å². The molecule has 0 aromatic heterocycles. The molecule has 1 unspecified atom stereocenters. The molecule has 5 nitrogen and oxygen atoms in total. The number of hydrogen-bond donors (Lipinski definition) is 2. The highest BCUT2D eigenvalue weighted by molar-refractivity contribution is 5.87. The largest absolute Gasteiger partial charge is 0.445 e. The van der Waals surface area contributed by atoms with E-state index in [1.54, 1.807) is 13.1 Å². The first-order chi connectivity index (χ1) is 10.5. The molecule has 2 amide bonds. The molecule has 0 aliphatic rings. The van der Waals surface area contributed by atoms with E-state index in [1.165, 1.54) is 6.08 Å². The van der Waals surface area contributed by atoms with Crippen LogP contribution in [0.3, 0.4) is 0 Å². The van der Waals surface area contributed by atoms with Crippen molar-refractivity contribution >= 4 is 12.0 Å². The number of carbonyl (C=O) groups excluding carboxylic acids is 2. The molecule has 2 N–H and O–H groups in total. The van der Waals surface area contributed by atoms with Gasteiger partial charge in [-0.2, -0.15) is 0 Å². The number of benzene rings is 1. The van der Waals surface area contributed by atoms with Gasteiger partial charge in [0.1, 0.15) is 6.61 Å². The Bertz CT molecular complexity index is 498. The highest BCUT2D eigenvalue weighted by atomic mass is 16.5. The van der Waals surface area contributed by atoms with Gasteiger partial charge in [0, 0.05) is 13.1 Å². The third-order valence-electron chi connectivity index (χ3n) is 2.97. The SMILES string of the molecule is CNC(=O)/C=C/C(CC(C)C)NC(=O)OCc1ccccc1. The van der Waals surface area contributed by atoms with Crippen LogP contribution in [0.5, 0.6) is 0 Å². The molecule has 0 saturated heterocycles. The van der Waals surface area contributed by atoms with Crippen molar-refractivity contribution in [3.8, 4) is 0 Å². The zero-order chi connectivity index (χ0) is 16.4. The Morgan fingerprint density at radius 2 is 1.91 bits per heavy atom. The smallest absolute Gasteiger partial charge is 0.407 e. The lowest BCUT2D eigenvalue weighted by Crippen LogP contribution is -2.35. The summed E-state index contributed by atoms with van der Waals surface area (Å²) in [6.45, 7) is 4.33. The Morgan fingerprint density at radius 1 is 1.23 bits per heavy atom. The maximum atomic E-state index is 11.9. The van der Waals surface area contributed by atoms with Gasteiger partial charge < -0.3 is 15.4 Å². The van der Waals surface area contributed by atoms with Gasteiger partial charge in [-0.05, 0) is 17.9 Å². The topological polar surface area (TPSA) is 67.4 Å². The van der Waals surface area contributed by atoms with Crippen molar-refractivity contribution < 1.29 is 14.3 Å². The molecule has 0 aliphatic carbocycles.